The molecule has 0 aliphatic heterocycles. The van der Waals surface area contributed by atoms with Crippen LogP contribution in [0, 0.1) is 18.7 Å². The lowest BCUT2D eigenvalue weighted by molar-refractivity contribution is 0.558. The molecule has 3 nitrogen and oxygen atoms in total. The molecule has 0 radical (unpaired) electrons. The summed E-state index contributed by atoms with van der Waals surface area (Å²) in [6.07, 6.45) is 1.59. The first-order valence-corrected chi connectivity index (χ1v) is 5.39. The van der Waals surface area contributed by atoms with Gasteiger partial charge in [0.05, 0.1) is 16.5 Å². The van der Waals surface area contributed by atoms with E-state index in [-0.39, 0.29) is 5.69 Å². The monoisotopic (exact) mass is 263 g/mol. The number of thiocarbonyl (C=S) groups is 1. The second-order valence-corrected chi connectivity index (χ2v) is 3.74. The average Bonchev–Trinajstić information content (AvgIpc) is 2.34. The number of rotatable bonds is 2. The van der Waals surface area contributed by atoms with E-state index in [1.807, 2.05) is 12.1 Å². The predicted octanol–water partition coefficient (Wildman–Crippen LogP) is 3.46. The Bertz CT molecular complexity index is 611. The number of aryl methyl sites for hydroxylation is 1. The molecule has 0 atom stereocenters. The van der Waals surface area contributed by atoms with Gasteiger partial charge in [0, 0.05) is 12.3 Å². The predicted molar refractivity (Wildman–Crippen MR) is 66.8 cm³/mol. The summed E-state index contributed by atoms with van der Waals surface area (Å²) in [6.45, 7) is 1.86. The van der Waals surface area contributed by atoms with Crippen molar-refractivity contribution in [3.63, 3.8) is 0 Å². The molecule has 0 N–H and O–H groups in total. The Morgan fingerprint density at radius 3 is 2.61 bits per heavy atom. The Kier molecular flexibility index (Phi) is 3.50. The van der Waals surface area contributed by atoms with E-state index in [0.717, 1.165) is 11.6 Å². The van der Waals surface area contributed by atoms with Crippen LogP contribution in [0.4, 0.5) is 14.5 Å². The highest BCUT2D eigenvalue weighted by Crippen LogP contribution is 2.25. The third-order valence-corrected chi connectivity index (χ3v) is 2.33. The summed E-state index contributed by atoms with van der Waals surface area (Å²) in [5, 5.41) is 1.91. The Hall–Kier alpha value is -2.04. The number of nitrogens with zero attached hydrogens (tertiary/aromatic N) is 3. The highest BCUT2D eigenvalue weighted by molar-refractivity contribution is 7.78. The van der Waals surface area contributed by atoms with Crippen LogP contribution in [0.25, 0.3) is 11.4 Å². The summed E-state index contributed by atoms with van der Waals surface area (Å²) >= 11 is 4.30. The molecule has 2 aromatic rings. The fourth-order valence-electron chi connectivity index (χ4n) is 1.37. The summed E-state index contributed by atoms with van der Waals surface area (Å²) in [7, 11) is 0. The molecule has 0 fully saturated rings. The Labute approximate surface area is 107 Å². The van der Waals surface area contributed by atoms with E-state index in [0.29, 0.717) is 5.69 Å². The van der Waals surface area contributed by atoms with Gasteiger partial charge in [-0.05, 0) is 30.8 Å². The molecule has 0 spiro atoms. The van der Waals surface area contributed by atoms with Crippen LogP contribution in [0.3, 0.4) is 0 Å². The Morgan fingerprint density at radius 1 is 1.28 bits per heavy atom. The van der Waals surface area contributed by atoms with Crippen molar-refractivity contribution in [2.45, 2.75) is 6.92 Å². The van der Waals surface area contributed by atoms with Crippen LogP contribution in [-0.2, 0) is 0 Å². The fourth-order valence-corrected chi connectivity index (χ4v) is 1.46. The molecule has 0 saturated carbocycles. The molecule has 0 saturated heterocycles. The second kappa shape index (κ2) is 5.08. The van der Waals surface area contributed by atoms with Gasteiger partial charge in [0.2, 0.25) is 5.95 Å². The van der Waals surface area contributed by atoms with Crippen molar-refractivity contribution in [3.05, 3.63) is 41.7 Å². The van der Waals surface area contributed by atoms with Gasteiger partial charge in [-0.1, -0.05) is 6.07 Å². The quantitative estimate of drug-likeness (QED) is 0.473. The first-order valence-electron chi connectivity index (χ1n) is 4.99. The van der Waals surface area contributed by atoms with Gasteiger partial charge in [0.15, 0.2) is 11.5 Å². The van der Waals surface area contributed by atoms with Crippen molar-refractivity contribution in [2.24, 2.45) is 4.99 Å². The van der Waals surface area contributed by atoms with E-state index < -0.39 is 17.5 Å². The van der Waals surface area contributed by atoms with Crippen LogP contribution in [0.5, 0.6) is 0 Å². The molecule has 2 rings (SSSR count). The van der Waals surface area contributed by atoms with Gasteiger partial charge in [-0.25, -0.2) is 9.37 Å². The van der Waals surface area contributed by atoms with Crippen molar-refractivity contribution in [1.82, 2.24) is 9.97 Å². The molecule has 0 aliphatic rings. The molecule has 0 amide bonds. The maximum atomic E-state index is 13.6. The largest absolute Gasteiger partial charge is 0.254 e. The maximum absolute atomic E-state index is 13.6. The first-order chi connectivity index (χ1) is 8.61. The highest BCUT2D eigenvalue weighted by atomic mass is 32.1. The second-order valence-electron chi connectivity index (χ2n) is 3.55. The number of isothiocyanates is 1. The summed E-state index contributed by atoms with van der Waals surface area (Å²) in [5.74, 6) is -1.89. The van der Waals surface area contributed by atoms with E-state index >= 15 is 0 Å². The van der Waals surface area contributed by atoms with Gasteiger partial charge in [-0.15, -0.1) is 0 Å². The zero-order valence-corrected chi connectivity index (χ0v) is 10.1. The smallest absolute Gasteiger partial charge is 0.243 e. The Morgan fingerprint density at radius 2 is 2.06 bits per heavy atom. The molecule has 0 aromatic carbocycles. The van der Waals surface area contributed by atoms with Crippen molar-refractivity contribution >= 4 is 23.1 Å². The molecule has 0 aliphatic carbocycles. The minimum atomic E-state index is -1.04. The van der Waals surface area contributed by atoms with Crippen LogP contribution in [0.15, 0.2) is 29.4 Å². The molecule has 18 heavy (non-hydrogen) atoms. The summed E-state index contributed by atoms with van der Waals surface area (Å²) < 4.78 is 27.1. The molecular formula is C12H7F2N3S. The van der Waals surface area contributed by atoms with E-state index in [2.05, 4.69) is 27.2 Å². The lowest BCUT2D eigenvalue weighted by Gasteiger charge is -2.03. The number of aromatic nitrogens is 2. The van der Waals surface area contributed by atoms with Crippen molar-refractivity contribution in [3.8, 4) is 11.4 Å². The van der Waals surface area contributed by atoms with Crippen LogP contribution < -0.4 is 0 Å². The molecule has 0 unspecified atom stereocenters. The third-order valence-electron chi connectivity index (χ3n) is 2.23. The van der Waals surface area contributed by atoms with E-state index in [4.69, 9.17) is 0 Å². The van der Waals surface area contributed by atoms with E-state index in [9.17, 15) is 8.78 Å². The average molecular weight is 263 g/mol. The minimum absolute atomic E-state index is 0.105. The molecule has 90 valence electrons. The number of halogens is 2. The van der Waals surface area contributed by atoms with E-state index in [1.165, 1.54) is 0 Å². The van der Waals surface area contributed by atoms with Gasteiger partial charge in [0.1, 0.15) is 0 Å². The summed E-state index contributed by atoms with van der Waals surface area (Å²) in [5.41, 5.74) is 0.895. The fraction of sp³-hybridized carbons (Fsp3) is 0.0833. The Balaban J connectivity index is 2.54. The topological polar surface area (TPSA) is 38.1 Å². The zero-order valence-electron chi connectivity index (χ0n) is 9.32. The van der Waals surface area contributed by atoms with Gasteiger partial charge in [-0.2, -0.15) is 9.38 Å². The molecular weight excluding hydrogens is 256 g/mol. The molecule has 6 heteroatoms. The third kappa shape index (κ3) is 2.45. The zero-order chi connectivity index (χ0) is 13.1. The summed E-state index contributed by atoms with van der Waals surface area (Å²) in [4.78, 5) is 10.9. The normalized spacial score (nSPS) is 9.94. The standard InChI is InChI=1S/C12H7F2N3S/c1-7-2-3-9(15-5-7)10-4-8(13)11(16-6-18)12(14)17-10/h2-5H,1H3. The van der Waals surface area contributed by atoms with Crippen molar-refractivity contribution < 1.29 is 8.78 Å². The van der Waals surface area contributed by atoms with Gasteiger partial charge < -0.3 is 0 Å². The van der Waals surface area contributed by atoms with Crippen LogP contribution in [0.1, 0.15) is 5.56 Å². The SMILES string of the molecule is Cc1ccc(-c2cc(F)c(N=C=S)c(F)n2)nc1. The maximum Gasteiger partial charge on any atom is 0.243 e. The summed E-state index contributed by atoms with van der Waals surface area (Å²) in [6, 6.07) is 4.48. The van der Waals surface area contributed by atoms with Crippen LogP contribution in [-0.4, -0.2) is 15.1 Å². The van der Waals surface area contributed by atoms with Gasteiger partial charge in [-0.3, -0.25) is 4.98 Å². The van der Waals surface area contributed by atoms with E-state index in [1.54, 1.807) is 18.3 Å². The highest BCUT2D eigenvalue weighted by Gasteiger charge is 2.13. The number of hydrogen-bond donors (Lipinski definition) is 0. The molecule has 0 bridgehead atoms. The lowest BCUT2D eigenvalue weighted by Crippen LogP contribution is -1.94. The lowest BCUT2D eigenvalue weighted by atomic mass is 10.2. The number of hydrogen-bond acceptors (Lipinski definition) is 4. The van der Waals surface area contributed by atoms with Crippen LogP contribution in [0.2, 0.25) is 0 Å². The van der Waals surface area contributed by atoms with Crippen molar-refractivity contribution in [1.29, 1.82) is 0 Å². The van der Waals surface area contributed by atoms with Crippen molar-refractivity contribution in [2.75, 3.05) is 0 Å². The van der Waals surface area contributed by atoms with Gasteiger partial charge >= 0.3 is 0 Å². The number of aliphatic imine (C=N–C) groups is 1. The molecule has 2 aromatic heterocycles. The first kappa shape index (κ1) is 12.4. The van der Waals surface area contributed by atoms with Crippen LogP contribution >= 0.6 is 12.2 Å². The minimum Gasteiger partial charge on any atom is -0.254 e. The number of pyridine rings is 2. The molecule has 2 heterocycles. The van der Waals surface area contributed by atoms with Gasteiger partial charge in [0.25, 0.3) is 0 Å².